The smallest absolute Gasteiger partial charge is 0.227 e. The summed E-state index contributed by atoms with van der Waals surface area (Å²) in [4.78, 5) is 12.6. The first-order valence-electron chi connectivity index (χ1n) is 9.34. The Labute approximate surface area is 157 Å². The number of halogens is 1. The van der Waals surface area contributed by atoms with E-state index in [1.807, 2.05) is 0 Å². The number of carbonyl (C=O) groups excluding carboxylic acids is 1. The molecule has 1 saturated heterocycles. The minimum absolute atomic E-state index is 0. The van der Waals surface area contributed by atoms with Gasteiger partial charge in [-0.3, -0.25) is 4.79 Å². The van der Waals surface area contributed by atoms with Gasteiger partial charge in [-0.15, -0.1) is 12.4 Å². The van der Waals surface area contributed by atoms with E-state index in [1.54, 1.807) is 0 Å². The van der Waals surface area contributed by atoms with E-state index in [0.717, 1.165) is 19.4 Å². The van der Waals surface area contributed by atoms with Crippen molar-refractivity contribution in [2.75, 3.05) is 26.3 Å². The fourth-order valence-corrected chi connectivity index (χ4v) is 4.14. The lowest BCUT2D eigenvalue weighted by atomic mass is 9.77. The van der Waals surface area contributed by atoms with E-state index in [0.29, 0.717) is 31.6 Å². The van der Waals surface area contributed by atoms with Crippen LogP contribution in [0.2, 0.25) is 0 Å². The summed E-state index contributed by atoms with van der Waals surface area (Å²) >= 11 is 0. The fraction of sp³-hybridized carbons (Fsp3) is 0.650. The van der Waals surface area contributed by atoms with Crippen LogP contribution in [0.1, 0.15) is 50.0 Å². The van der Waals surface area contributed by atoms with Crippen LogP contribution in [0.4, 0.5) is 0 Å². The minimum Gasteiger partial charge on any atom is -0.381 e. The predicted molar refractivity (Wildman–Crippen MR) is 103 cm³/mol. The number of hydrogen-bond acceptors (Lipinski definition) is 3. The molecule has 2 fully saturated rings. The first kappa shape index (κ1) is 20.2. The van der Waals surface area contributed by atoms with Crippen LogP contribution in [-0.2, 0) is 9.53 Å². The van der Waals surface area contributed by atoms with Gasteiger partial charge in [0.05, 0.1) is 5.41 Å². The molecule has 0 unspecified atom stereocenters. The zero-order valence-corrected chi connectivity index (χ0v) is 15.7. The Morgan fingerprint density at radius 1 is 1.12 bits per heavy atom. The van der Waals surface area contributed by atoms with Gasteiger partial charge in [0.2, 0.25) is 5.91 Å². The van der Waals surface area contributed by atoms with E-state index >= 15 is 0 Å². The number of amides is 1. The Hall–Kier alpha value is -1.10. The van der Waals surface area contributed by atoms with Crippen molar-refractivity contribution in [1.82, 2.24) is 5.32 Å². The number of benzene rings is 1. The average molecular weight is 367 g/mol. The van der Waals surface area contributed by atoms with Crippen molar-refractivity contribution in [2.45, 2.75) is 44.4 Å². The van der Waals surface area contributed by atoms with Gasteiger partial charge < -0.3 is 15.8 Å². The van der Waals surface area contributed by atoms with E-state index in [9.17, 15) is 4.79 Å². The second kappa shape index (κ2) is 9.56. The van der Waals surface area contributed by atoms with Crippen molar-refractivity contribution >= 4 is 18.3 Å². The maximum absolute atomic E-state index is 12.6. The van der Waals surface area contributed by atoms with Gasteiger partial charge in [-0.2, -0.15) is 0 Å². The lowest BCUT2D eigenvalue weighted by Gasteiger charge is -2.35. The molecular formula is C20H31ClN2O2. The first-order valence-corrected chi connectivity index (χ1v) is 9.34. The number of nitrogens with two attached hydrogens (primary N) is 1. The van der Waals surface area contributed by atoms with Gasteiger partial charge in [0.25, 0.3) is 0 Å². The lowest BCUT2D eigenvalue weighted by molar-refractivity contribution is -0.136. The largest absolute Gasteiger partial charge is 0.381 e. The van der Waals surface area contributed by atoms with Crippen molar-refractivity contribution in [1.29, 1.82) is 0 Å². The number of ether oxygens (including phenoxy) is 1. The third-order valence-corrected chi connectivity index (χ3v) is 5.99. The fourth-order valence-electron chi connectivity index (χ4n) is 4.14. The van der Waals surface area contributed by atoms with Gasteiger partial charge in [0.1, 0.15) is 0 Å². The average Bonchev–Trinajstić information content (AvgIpc) is 2.67. The van der Waals surface area contributed by atoms with Crippen LogP contribution in [0.25, 0.3) is 0 Å². The highest BCUT2D eigenvalue weighted by Crippen LogP contribution is 2.35. The molecule has 1 saturated carbocycles. The zero-order chi connectivity index (χ0) is 16.8. The molecule has 1 aliphatic heterocycles. The molecule has 1 heterocycles. The van der Waals surface area contributed by atoms with Gasteiger partial charge >= 0.3 is 0 Å². The molecule has 1 aromatic carbocycles. The Morgan fingerprint density at radius 3 is 2.36 bits per heavy atom. The van der Waals surface area contributed by atoms with Crippen LogP contribution in [0.5, 0.6) is 0 Å². The SMILES string of the molecule is Cl.NCC1(C(=O)NCC2CCC(c3ccccc3)CC2)CCOCC1. The summed E-state index contributed by atoms with van der Waals surface area (Å²) < 4.78 is 5.39. The molecule has 3 rings (SSSR count). The first-order chi connectivity index (χ1) is 11.7. The molecule has 0 radical (unpaired) electrons. The Kier molecular flexibility index (Phi) is 7.73. The highest BCUT2D eigenvalue weighted by molar-refractivity contribution is 5.85. The molecule has 5 heteroatoms. The summed E-state index contributed by atoms with van der Waals surface area (Å²) in [6.07, 6.45) is 6.32. The van der Waals surface area contributed by atoms with Gasteiger partial charge in [0.15, 0.2) is 0 Å². The molecule has 0 atom stereocenters. The number of nitrogens with one attached hydrogen (secondary N) is 1. The van der Waals surface area contributed by atoms with Crippen molar-refractivity contribution in [2.24, 2.45) is 17.1 Å². The van der Waals surface area contributed by atoms with Crippen molar-refractivity contribution < 1.29 is 9.53 Å². The van der Waals surface area contributed by atoms with Crippen LogP contribution in [0, 0.1) is 11.3 Å². The summed E-state index contributed by atoms with van der Waals surface area (Å²) in [6, 6.07) is 10.8. The summed E-state index contributed by atoms with van der Waals surface area (Å²) in [5, 5.41) is 3.19. The number of rotatable bonds is 5. The molecular weight excluding hydrogens is 336 g/mol. The van der Waals surface area contributed by atoms with Crippen molar-refractivity contribution in [3.63, 3.8) is 0 Å². The summed E-state index contributed by atoms with van der Waals surface area (Å²) in [5.41, 5.74) is 6.97. The van der Waals surface area contributed by atoms with Crippen molar-refractivity contribution in [3.8, 4) is 0 Å². The van der Waals surface area contributed by atoms with Gasteiger partial charge in [0, 0.05) is 26.3 Å². The maximum atomic E-state index is 12.6. The Morgan fingerprint density at radius 2 is 1.76 bits per heavy atom. The lowest BCUT2D eigenvalue weighted by Crippen LogP contribution is -2.50. The predicted octanol–water partition coefficient (Wildman–Crippen LogP) is 3.25. The van der Waals surface area contributed by atoms with Crippen LogP contribution in [0.15, 0.2) is 30.3 Å². The molecule has 1 aliphatic carbocycles. The van der Waals surface area contributed by atoms with Crippen LogP contribution >= 0.6 is 12.4 Å². The zero-order valence-electron chi connectivity index (χ0n) is 14.9. The minimum atomic E-state index is -0.403. The highest BCUT2D eigenvalue weighted by Gasteiger charge is 2.38. The van der Waals surface area contributed by atoms with E-state index in [1.165, 1.54) is 31.2 Å². The summed E-state index contributed by atoms with van der Waals surface area (Å²) in [6.45, 7) is 2.51. The van der Waals surface area contributed by atoms with Gasteiger partial charge in [-0.1, -0.05) is 30.3 Å². The third-order valence-electron chi connectivity index (χ3n) is 5.99. The summed E-state index contributed by atoms with van der Waals surface area (Å²) in [7, 11) is 0. The van der Waals surface area contributed by atoms with E-state index in [2.05, 4.69) is 35.6 Å². The maximum Gasteiger partial charge on any atom is 0.227 e. The third kappa shape index (κ3) is 4.96. The molecule has 140 valence electrons. The second-order valence-electron chi connectivity index (χ2n) is 7.44. The molecule has 0 aromatic heterocycles. The molecule has 25 heavy (non-hydrogen) atoms. The molecule has 0 bridgehead atoms. The molecule has 1 amide bonds. The van der Waals surface area contributed by atoms with Gasteiger partial charge in [-0.25, -0.2) is 0 Å². The molecule has 2 aliphatic rings. The number of carbonyl (C=O) groups is 1. The Balaban J connectivity index is 0.00000225. The Bertz CT molecular complexity index is 524. The molecule has 1 aromatic rings. The number of hydrogen-bond donors (Lipinski definition) is 2. The molecule has 0 spiro atoms. The van der Waals surface area contributed by atoms with Crippen LogP contribution < -0.4 is 11.1 Å². The standard InChI is InChI=1S/C20H30N2O2.ClH/c21-15-20(10-12-24-13-11-20)19(23)22-14-16-6-8-18(9-7-16)17-4-2-1-3-5-17;/h1-5,16,18H,6-15,21H2,(H,22,23);1H. The van der Waals surface area contributed by atoms with E-state index in [-0.39, 0.29) is 18.3 Å². The molecule has 3 N–H and O–H groups in total. The topological polar surface area (TPSA) is 64.4 Å². The molecule has 4 nitrogen and oxygen atoms in total. The van der Waals surface area contributed by atoms with E-state index < -0.39 is 5.41 Å². The summed E-state index contributed by atoms with van der Waals surface area (Å²) in [5.74, 6) is 1.42. The second-order valence-corrected chi connectivity index (χ2v) is 7.44. The van der Waals surface area contributed by atoms with Crippen LogP contribution in [-0.4, -0.2) is 32.2 Å². The van der Waals surface area contributed by atoms with Gasteiger partial charge in [-0.05, 0) is 55.9 Å². The van der Waals surface area contributed by atoms with E-state index in [4.69, 9.17) is 10.5 Å². The van der Waals surface area contributed by atoms with Crippen LogP contribution in [0.3, 0.4) is 0 Å². The normalized spacial score (nSPS) is 25.6. The van der Waals surface area contributed by atoms with Crippen molar-refractivity contribution in [3.05, 3.63) is 35.9 Å². The highest BCUT2D eigenvalue weighted by atomic mass is 35.5. The monoisotopic (exact) mass is 366 g/mol. The quantitative estimate of drug-likeness (QED) is 0.840.